The van der Waals surface area contributed by atoms with Crippen LogP contribution in [0.2, 0.25) is 0 Å². The first-order valence-corrected chi connectivity index (χ1v) is 9.18. The number of amides is 2. The highest BCUT2D eigenvalue weighted by molar-refractivity contribution is 7.13. The third-order valence-electron chi connectivity index (χ3n) is 4.14. The van der Waals surface area contributed by atoms with Gasteiger partial charge in [-0.2, -0.15) is 0 Å². The predicted molar refractivity (Wildman–Crippen MR) is 102 cm³/mol. The number of aromatic nitrogens is 1. The summed E-state index contributed by atoms with van der Waals surface area (Å²) < 4.78 is 5.13. The molecule has 1 aromatic carbocycles. The molecule has 0 saturated carbocycles. The van der Waals surface area contributed by atoms with Crippen LogP contribution in [0.5, 0.6) is 5.75 Å². The fraction of sp³-hybridized carbons (Fsp3) is 0.389. The van der Waals surface area contributed by atoms with Crippen molar-refractivity contribution in [3.05, 3.63) is 35.3 Å². The number of carbonyl (C=O) groups excluding carboxylic acids is 2. The number of hydrogen-bond acceptors (Lipinski definition) is 6. The highest BCUT2D eigenvalue weighted by atomic mass is 32.1. The zero-order chi connectivity index (χ0) is 18.7. The standard InChI is InChI=1S/C18H22N4O3S/c1-21(2)10-13-11-26-18(19-13)20-17(24)12-8-16(23)22(9-12)14-4-6-15(25-3)7-5-14/h4-7,11-12H,8-10H2,1-3H3,(H,19,20,24). The van der Waals surface area contributed by atoms with Crippen LogP contribution in [0.25, 0.3) is 0 Å². The molecule has 0 aliphatic carbocycles. The Labute approximate surface area is 156 Å². The van der Waals surface area contributed by atoms with E-state index in [-0.39, 0.29) is 24.2 Å². The Hall–Kier alpha value is -2.45. The second-order valence-corrected chi connectivity index (χ2v) is 7.33. The summed E-state index contributed by atoms with van der Waals surface area (Å²) >= 11 is 1.40. The maximum absolute atomic E-state index is 12.5. The molecule has 2 heterocycles. The minimum atomic E-state index is -0.384. The van der Waals surface area contributed by atoms with Crippen LogP contribution in [-0.4, -0.2) is 49.4 Å². The van der Waals surface area contributed by atoms with E-state index in [4.69, 9.17) is 4.74 Å². The third kappa shape index (κ3) is 4.20. The van der Waals surface area contributed by atoms with Gasteiger partial charge in [-0.1, -0.05) is 0 Å². The monoisotopic (exact) mass is 374 g/mol. The van der Waals surface area contributed by atoms with Crippen molar-refractivity contribution >= 4 is 34.0 Å². The lowest BCUT2D eigenvalue weighted by Crippen LogP contribution is -2.28. The van der Waals surface area contributed by atoms with E-state index in [0.29, 0.717) is 11.7 Å². The number of ether oxygens (including phenoxy) is 1. The number of nitrogens with zero attached hydrogens (tertiary/aromatic N) is 3. The Morgan fingerprint density at radius 3 is 2.77 bits per heavy atom. The first-order valence-electron chi connectivity index (χ1n) is 8.30. The zero-order valence-corrected chi connectivity index (χ0v) is 15.9. The van der Waals surface area contributed by atoms with Crippen molar-refractivity contribution in [2.45, 2.75) is 13.0 Å². The summed E-state index contributed by atoms with van der Waals surface area (Å²) in [7, 11) is 5.53. The van der Waals surface area contributed by atoms with E-state index in [1.165, 1.54) is 11.3 Å². The van der Waals surface area contributed by atoms with Gasteiger partial charge in [0.05, 0.1) is 18.7 Å². The molecular weight excluding hydrogens is 352 g/mol. The summed E-state index contributed by atoms with van der Waals surface area (Å²) in [5.41, 5.74) is 1.69. The molecule has 26 heavy (non-hydrogen) atoms. The van der Waals surface area contributed by atoms with Gasteiger partial charge >= 0.3 is 0 Å². The van der Waals surface area contributed by atoms with Gasteiger partial charge in [0, 0.05) is 30.6 Å². The number of carbonyl (C=O) groups is 2. The number of hydrogen-bond donors (Lipinski definition) is 1. The number of rotatable bonds is 6. The van der Waals surface area contributed by atoms with Crippen molar-refractivity contribution in [3.63, 3.8) is 0 Å². The smallest absolute Gasteiger partial charge is 0.231 e. The fourth-order valence-corrected chi connectivity index (χ4v) is 3.57. The van der Waals surface area contributed by atoms with Gasteiger partial charge < -0.3 is 19.9 Å². The van der Waals surface area contributed by atoms with E-state index in [1.807, 2.05) is 36.5 Å². The second-order valence-electron chi connectivity index (χ2n) is 6.47. The van der Waals surface area contributed by atoms with Crippen molar-refractivity contribution in [3.8, 4) is 5.75 Å². The molecule has 1 atom stereocenters. The largest absolute Gasteiger partial charge is 0.497 e. The van der Waals surface area contributed by atoms with Crippen molar-refractivity contribution < 1.29 is 14.3 Å². The molecule has 7 nitrogen and oxygen atoms in total. The van der Waals surface area contributed by atoms with Crippen LogP contribution in [0.1, 0.15) is 12.1 Å². The summed E-state index contributed by atoms with van der Waals surface area (Å²) in [5.74, 6) is 0.126. The SMILES string of the molecule is COc1ccc(N2CC(C(=O)Nc3nc(CN(C)C)cs3)CC2=O)cc1. The van der Waals surface area contributed by atoms with Crippen LogP contribution in [0.4, 0.5) is 10.8 Å². The van der Waals surface area contributed by atoms with Gasteiger partial charge in [-0.3, -0.25) is 9.59 Å². The van der Waals surface area contributed by atoms with Crippen molar-refractivity contribution in [2.24, 2.45) is 5.92 Å². The van der Waals surface area contributed by atoms with Crippen LogP contribution >= 0.6 is 11.3 Å². The maximum Gasteiger partial charge on any atom is 0.231 e. The Morgan fingerprint density at radius 2 is 2.12 bits per heavy atom. The number of nitrogens with one attached hydrogen (secondary N) is 1. The van der Waals surface area contributed by atoms with E-state index < -0.39 is 0 Å². The number of anilines is 2. The van der Waals surface area contributed by atoms with Gasteiger partial charge in [0.15, 0.2) is 5.13 Å². The van der Waals surface area contributed by atoms with Gasteiger partial charge in [0.25, 0.3) is 0 Å². The molecule has 1 N–H and O–H groups in total. The predicted octanol–water partition coefficient (Wildman–Crippen LogP) is 2.20. The molecule has 8 heteroatoms. The summed E-state index contributed by atoms with van der Waals surface area (Å²) in [4.78, 5) is 32.9. The molecule has 1 saturated heterocycles. The minimum absolute atomic E-state index is 0.0530. The van der Waals surface area contributed by atoms with Gasteiger partial charge in [0.2, 0.25) is 11.8 Å². The topological polar surface area (TPSA) is 74.8 Å². The number of thiazole rings is 1. The van der Waals surface area contributed by atoms with Gasteiger partial charge in [-0.15, -0.1) is 11.3 Å². The van der Waals surface area contributed by atoms with Crippen LogP contribution in [0.3, 0.4) is 0 Å². The molecule has 3 rings (SSSR count). The lowest BCUT2D eigenvalue weighted by molar-refractivity contribution is -0.122. The highest BCUT2D eigenvalue weighted by Gasteiger charge is 2.35. The molecular formula is C18H22N4O3S. The van der Waals surface area contributed by atoms with Gasteiger partial charge in [-0.05, 0) is 38.4 Å². The summed E-state index contributed by atoms with van der Waals surface area (Å²) in [6.45, 7) is 1.09. The molecule has 138 valence electrons. The molecule has 1 fully saturated rings. The Balaban J connectivity index is 1.62. The molecule has 1 unspecified atom stereocenters. The van der Waals surface area contributed by atoms with Crippen molar-refractivity contribution in [1.82, 2.24) is 9.88 Å². The molecule has 0 bridgehead atoms. The Morgan fingerprint density at radius 1 is 1.38 bits per heavy atom. The van der Waals surface area contributed by atoms with Crippen LogP contribution in [-0.2, 0) is 16.1 Å². The lowest BCUT2D eigenvalue weighted by atomic mass is 10.1. The molecule has 1 aliphatic rings. The highest BCUT2D eigenvalue weighted by Crippen LogP contribution is 2.28. The average Bonchev–Trinajstić information content (AvgIpc) is 3.21. The van der Waals surface area contributed by atoms with Gasteiger partial charge in [-0.25, -0.2) is 4.98 Å². The van der Waals surface area contributed by atoms with Crippen LogP contribution < -0.4 is 15.0 Å². The van der Waals surface area contributed by atoms with E-state index in [0.717, 1.165) is 23.7 Å². The second kappa shape index (κ2) is 7.84. The van der Waals surface area contributed by atoms with E-state index >= 15 is 0 Å². The number of methoxy groups -OCH3 is 1. The Bertz CT molecular complexity index is 788. The van der Waals surface area contributed by atoms with Crippen molar-refractivity contribution in [1.29, 1.82) is 0 Å². The molecule has 1 aliphatic heterocycles. The minimum Gasteiger partial charge on any atom is -0.497 e. The molecule has 1 aromatic heterocycles. The van der Waals surface area contributed by atoms with Crippen molar-refractivity contribution in [2.75, 3.05) is 38.0 Å². The Kier molecular flexibility index (Phi) is 5.53. The molecule has 2 amide bonds. The summed E-state index contributed by atoms with van der Waals surface area (Å²) in [5, 5.41) is 5.34. The average molecular weight is 374 g/mol. The lowest BCUT2D eigenvalue weighted by Gasteiger charge is -2.16. The normalized spacial score (nSPS) is 17.0. The maximum atomic E-state index is 12.5. The fourth-order valence-electron chi connectivity index (χ4n) is 2.86. The van der Waals surface area contributed by atoms with E-state index in [2.05, 4.69) is 10.3 Å². The first-order chi connectivity index (χ1) is 12.5. The molecule has 0 spiro atoms. The zero-order valence-electron chi connectivity index (χ0n) is 15.1. The number of benzene rings is 1. The first kappa shape index (κ1) is 18.3. The third-order valence-corrected chi connectivity index (χ3v) is 4.95. The summed E-state index contributed by atoms with van der Waals surface area (Å²) in [6.07, 6.45) is 0.202. The van der Waals surface area contributed by atoms with E-state index in [1.54, 1.807) is 24.1 Å². The van der Waals surface area contributed by atoms with Crippen LogP contribution in [0, 0.1) is 5.92 Å². The van der Waals surface area contributed by atoms with Gasteiger partial charge in [0.1, 0.15) is 5.75 Å². The van der Waals surface area contributed by atoms with E-state index in [9.17, 15) is 9.59 Å². The molecule has 0 radical (unpaired) electrons. The van der Waals surface area contributed by atoms with Crippen LogP contribution in [0.15, 0.2) is 29.6 Å². The quantitative estimate of drug-likeness (QED) is 0.839. The summed E-state index contributed by atoms with van der Waals surface area (Å²) in [6, 6.07) is 7.26. The molecule has 2 aromatic rings.